The fraction of sp³-hybridized carbons (Fsp3) is 0.286. The minimum absolute atomic E-state index is 0.283. The molecule has 0 aliphatic rings. The molecule has 1 rings (SSSR count). The Morgan fingerprint density at radius 1 is 1.67 bits per heavy atom. The van der Waals surface area contributed by atoms with Gasteiger partial charge in [0.25, 0.3) is 0 Å². The summed E-state index contributed by atoms with van der Waals surface area (Å²) < 4.78 is 4.83. The van der Waals surface area contributed by atoms with E-state index in [0.29, 0.717) is 16.5 Å². The molecule has 5 heteroatoms. The van der Waals surface area contributed by atoms with Gasteiger partial charge in [0.15, 0.2) is 0 Å². The van der Waals surface area contributed by atoms with Gasteiger partial charge in [-0.3, -0.25) is 0 Å². The second-order valence-corrected chi connectivity index (χ2v) is 2.88. The molecule has 0 aliphatic carbocycles. The first-order valence-electron chi connectivity index (χ1n) is 3.22. The summed E-state index contributed by atoms with van der Waals surface area (Å²) in [6, 6.07) is 0. The van der Waals surface area contributed by atoms with Crippen LogP contribution in [-0.4, -0.2) is 22.1 Å². The van der Waals surface area contributed by atoms with Gasteiger partial charge >= 0.3 is 0 Å². The standard InChI is InChI=1S/C7H7ClN2OS/c1-4-9-3-5(8)6(10-4)7(12)11-2/h3H,1-2H3. The van der Waals surface area contributed by atoms with E-state index in [0.717, 1.165) is 0 Å². The van der Waals surface area contributed by atoms with Gasteiger partial charge in [-0.1, -0.05) is 11.6 Å². The fourth-order valence-electron chi connectivity index (χ4n) is 0.695. The van der Waals surface area contributed by atoms with Crippen LogP contribution in [0.1, 0.15) is 11.5 Å². The minimum atomic E-state index is 0.283. The van der Waals surface area contributed by atoms with Crippen molar-refractivity contribution in [2.45, 2.75) is 6.92 Å². The molecule has 0 N–H and O–H groups in total. The van der Waals surface area contributed by atoms with Gasteiger partial charge < -0.3 is 4.74 Å². The number of thiocarbonyl (C=S) groups is 1. The molecule has 3 nitrogen and oxygen atoms in total. The Balaban J connectivity index is 3.13. The smallest absolute Gasteiger partial charge is 0.211 e. The third kappa shape index (κ3) is 1.89. The number of aryl methyl sites for hydroxylation is 1. The van der Waals surface area contributed by atoms with Crippen LogP contribution in [0.15, 0.2) is 6.20 Å². The van der Waals surface area contributed by atoms with Crippen LogP contribution in [0.2, 0.25) is 5.02 Å². The van der Waals surface area contributed by atoms with Crippen LogP contribution in [0.5, 0.6) is 0 Å². The highest BCUT2D eigenvalue weighted by Crippen LogP contribution is 2.13. The summed E-state index contributed by atoms with van der Waals surface area (Å²) in [5.41, 5.74) is 0.474. The maximum absolute atomic E-state index is 5.78. The summed E-state index contributed by atoms with van der Waals surface area (Å²) >= 11 is 10.6. The lowest BCUT2D eigenvalue weighted by molar-refractivity contribution is 0.414. The topological polar surface area (TPSA) is 35.0 Å². The maximum Gasteiger partial charge on any atom is 0.211 e. The van der Waals surface area contributed by atoms with Crippen LogP contribution in [0.4, 0.5) is 0 Å². The maximum atomic E-state index is 5.78. The Bertz CT molecular complexity index is 316. The SMILES string of the molecule is COC(=S)c1nc(C)ncc1Cl. The summed E-state index contributed by atoms with van der Waals surface area (Å²) in [6.07, 6.45) is 1.50. The Kier molecular flexibility index (Phi) is 2.94. The van der Waals surface area contributed by atoms with E-state index in [9.17, 15) is 0 Å². The van der Waals surface area contributed by atoms with Crippen molar-refractivity contribution in [1.82, 2.24) is 9.97 Å². The van der Waals surface area contributed by atoms with Crippen LogP contribution in [0, 0.1) is 6.92 Å². The average molecular weight is 203 g/mol. The van der Waals surface area contributed by atoms with Crippen molar-refractivity contribution < 1.29 is 4.74 Å². The van der Waals surface area contributed by atoms with Crippen molar-refractivity contribution >= 4 is 28.9 Å². The van der Waals surface area contributed by atoms with E-state index in [4.69, 9.17) is 28.6 Å². The zero-order chi connectivity index (χ0) is 9.14. The lowest BCUT2D eigenvalue weighted by Gasteiger charge is -2.03. The van der Waals surface area contributed by atoms with Crippen molar-refractivity contribution in [3.63, 3.8) is 0 Å². The molecule has 0 aromatic carbocycles. The third-order valence-corrected chi connectivity index (χ3v) is 1.88. The summed E-state index contributed by atoms with van der Waals surface area (Å²) in [5.74, 6) is 0.619. The van der Waals surface area contributed by atoms with Crippen LogP contribution < -0.4 is 0 Å². The summed E-state index contributed by atoms with van der Waals surface area (Å²) in [6.45, 7) is 1.76. The number of nitrogens with zero attached hydrogens (tertiary/aromatic N) is 2. The van der Waals surface area contributed by atoms with Crippen molar-refractivity contribution in [2.75, 3.05) is 7.11 Å². The minimum Gasteiger partial charge on any atom is -0.485 e. The molecule has 0 bridgehead atoms. The number of hydrogen-bond donors (Lipinski definition) is 0. The Labute approximate surface area is 80.7 Å². The molecular weight excluding hydrogens is 196 g/mol. The van der Waals surface area contributed by atoms with E-state index in [1.807, 2.05) is 0 Å². The first-order chi connectivity index (χ1) is 5.65. The monoisotopic (exact) mass is 202 g/mol. The third-order valence-electron chi connectivity index (χ3n) is 1.24. The quantitative estimate of drug-likeness (QED) is 0.651. The van der Waals surface area contributed by atoms with Crippen molar-refractivity contribution in [2.24, 2.45) is 0 Å². The second-order valence-electron chi connectivity index (χ2n) is 2.11. The van der Waals surface area contributed by atoms with Crippen molar-refractivity contribution in [3.05, 3.63) is 22.7 Å². The van der Waals surface area contributed by atoms with Crippen molar-refractivity contribution in [1.29, 1.82) is 0 Å². The van der Waals surface area contributed by atoms with Crippen LogP contribution in [0.25, 0.3) is 0 Å². The van der Waals surface area contributed by atoms with E-state index in [-0.39, 0.29) is 5.05 Å². The number of hydrogen-bond acceptors (Lipinski definition) is 4. The highest BCUT2D eigenvalue weighted by molar-refractivity contribution is 7.80. The molecule has 0 unspecified atom stereocenters. The van der Waals surface area contributed by atoms with Gasteiger partial charge in [-0.05, 0) is 19.1 Å². The Morgan fingerprint density at radius 2 is 2.33 bits per heavy atom. The van der Waals surface area contributed by atoms with E-state index in [1.54, 1.807) is 6.92 Å². The highest BCUT2D eigenvalue weighted by atomic mass is 35.5. The molecule has 0 saturated heterocycles. The van der Waals surface area contributed by atoms with Gasteiger partial charge in [0.05, 0.1) is 12.1 Å². The van der Waals surface area contributed by atoms with E-state index in [1.165, 1.54) is 13.3 Å². The second kappa shape index (κ2) is 3.78. The lowest BCUT2D eigenvalue weighted by Crippen LogP contribution is -2.05. The average Bonchev–Trinajstić information content (AvgIpc) is 2.08. The molecule has 0 radical (unpaired) electrons. The Morgan fingerprint density at radius 3 is 2.92 bits per heavy atom. The van der Waals surface area contributed by atoms with Gasteiger partial charge in [0.2, 0.25) is 5.05 Å². The molecule has 1 aromatic rings. The van der Waals surface area contributed by atoms with Crippen LogP contribution >= 0.6 is 23.8 Å². The first kappa shape index (κ1) is 9.35. The summed E-state index contributed by atoms with van der Waals surface area (Å²) in [7, 11) is 1.48. The van der Waals surface area contributed by atoms with Gasteiger partial charge in [-0.25, -0.2) is 9.97 Å². The van der Waals surface area contributed by atoms with Crippen molar-refractivity contribution in [3.8, 4) is 0 Å². The zero-order valence-corrected chi connectivity index (χ0v) is 8.24. The van der Waals surface area contributed by atoms with Gasteiger partial charge in [0.1, 0.15) is 11.5 Å². The predicted octanol–water partition coefficient (Wildman–Crippen LogP) is 1.76. The Hall–Kier alpha value is -0.740. The molecule has 1 heterocycles. The lowest BCUT2D eigenvalue weighted by atomic mass is 10.4. The van der Waals surface area contributed by atoms with E-state index in [2.05, 4.69) is 9.97 Å². The highest BCUT2D eigenvalue weighted by Gasteiger charge is 2.08. The number of halogens is 1. The molecule has 1 aromatic heterocycles. The summed E-state index contributed by atoms with van der Waals surface area (Å²) in [5, 5.41) is 0.693. The number of ether oxygens (including phenoxy) is 1. The summed E-state index contributed by atoms with van der Waals surface area (Å²) in [4.78, 5) is 7.93. The molecule has 64 valence electrons. The van der Waals surface area contributed by atoms with Crippen LogP contribution in [-0.2, 0) is 4.74 Å². The predicted molar refractivity (Wildman–Crippen MR) is 50.5 cm³/mol. The molecule has 0 saturated carbocycles. The number of methoxy groups -OCH3 is 1. The normalized spacial score (nSPS) is 9.58. The van der Waals surface area contributed by atoms with Gasteiger partial charge in [0, 0.05) is 6.20 Å². The van der Waals surface area contributed by atoms with Gasteiger partial charge in [-0.2, -0.15) is 0 Å². The molecular formula is C7H7ClN2OS. The van der Waals surface area contributed by atoms with Gasteiger partial charge in [-0.15, -0.1) is 0 Å². The number of aromatic nitrogens is 2. The van der Waals surface area contributed by atoms with E-state index >= 15 is 0 Å². The number of rotatable bonds is 1. The molecule has 0 amide bonds. The molecule has 0 spiro atoms. The molecule has 0 fully saturated rings. The first-order valence-corrected chi connectivity index (χ1v) is 4.01. The van der Waals surface area contributed by atoms with Crippen LogP contribution in [0.3, 0.4) is 0 Å². The zero-order valence-electron chi connectivity index (χ0n) is 6.67. The molecule has 12 heavy (non-hydrogen) atoms. The largest absolute Gasteiger partial charge is 0.485 e. The molecule has 0 aliphatic heterocycles. The molecule has 0 atom stereocenters. The van der Waals surface area contributed by atoms with E-state index < -0.39 is 0 Å². The fourth-order valence-corrected chi connectivity index (χ4v) is 1.08.